The molecular formula is C20H27N3O2. The van der Waals surface area contributed by atoms with E-state index in [0.717, 1.165) is 18.4 Å². The Bertz CT molecular complexity index is 648. The van der Waals surface area contributed by atoms with Crippen molar-refractivity contribution in [3.05, 3.63) is 48.6 Å². The third kappa shape index (κ3) is 3.21. The molecule has 0 bridgehead atoms. The van der Waals surface area contributed by atoms with Crippen LogP contribution in [0.4, 0.5) is 0 Å². The first kappa shape index (κ1) is 17.7. The number of nitrogens with one attached hydrogen (secondary N) is 1. The fourth-order valence-corrected chi connectivity index (χ4v) is 3.91. The van der Waals surface area contributed by atoms with Crippen molar-refractivity contribution in [1.82, 2.24) is 15.1 Å². The highest BCUT2D eigenvalue weighted by molar-refractivity contribution is 5.94. The van der Waals surface area contributed by atoms with Crippen molar-refractivity contribution in [3.8, 4) is 0 Å². The van der Waals surface area contributed by atoms with Gasteiger partial charge in [0.15, 0.2) is 0 Å². The van der Waals surface area contributed by atoms with E-state index in [2.05, 4.69) is 25.7 Å². The zero-order chi connectivity index (χ0) is 18.0. The zero-order valence-electron chi connectivity index (χ0n) is 15.1. The summed E-state index contributed by atoms with van der Waals surface area (Å²) >= 11 is 0. The van der Waals surface area contributed by atoms with Gasteiger partial charge in [0.05, 0.1) is 11.7 Å². The maximum Gasteiger partial charge on any atom is 0.253 e. The van der Waals surface area contributed by atoms with Gasteiger partial charge in [0.25, 0.3) is 5.91 Å². The lowest BCUT2D eigenvalue weighted by Crippen LogP contribution is -2.59. The highest BCUT2D eigenvalue weighted by Crippen LogP contribution is 2.34. The topological polar surface area (TPSA) is 52.7 Å². The van der Waals surface area contributed by atoms with Gasteiger partial charge >= 0.3 is 0 Å². The predicted octanol–water partition coefficient (Wildman–Crippen LogP) is 2.26. The van der Waals surface area contributed by atoms with Gasteiger partial charge in [0.2, 0.25) is 5.91 Å². The van der Waals surface area contributed by atoms with Gasteiger partial charge in [-0.1, -0.05) is 38.1 Å². The van der Waals surface area contributed by atoms with Gasteiger partial charge in [0, 0.05) is 38.0 Å². The molecule has 1 spiro atoms. The normalized spacial score (nSPS) is 22.7. The third-order valence-corrected chi connectivity index (χ3v) is 5.35. The summed E-state index contributed by atoms with van der Waals surface area (Å²) in [5, 5.41) is 3.58. The quantitative estimate of drug-likeness (QED) is 0.855. The van der Waals surface area contributed by atoms with Crippen molar-refractivity contribution in [2.24, 2.45) is 5.92 Å². The van der Waals surface area contributed by atoms with E-state index >= 15 is 0 Å². The fraction of sp³-hybridized carbons (Fsp3) is 0.500. The van der Waals surface area contributed by atoms with E-state index in [4.69, 9.17) is 0 Å². The number of hydrogen-bond donors (Lipinski definition) is 1. The summed E-state index contributed by atoms with van der Waals surface area (Å²) in [7, 11) is 0. The van der Waals surface area contributed by atoms with Gasteiger partial charge in [-0.25, -0.2) is 0 Å². The van der Waals surface area contributed by atoms with E-state index in [-0.39, 0.29) is 29.4 Å². The Morgan fingerprint density at radius 1 is 1.32 bits per heavy atom. The van der Waals surface area contributed by atoms with Crippen LogP contribution in [0.2, 0.25) is 0 Å². The second kappa shape index (κ2) is 7.00. The van der Waals surface area contributed by atoms with Gasteiger partial charge in [-0.3, -0.25) is 14.9 Å². The molecule has 0 aliphatic carbocycles. The molecule has 1 unspecified atom stereocenters. The van der Waals surface area contributed by atoms with Crippen LogP contribution in [0.5, 0.6) is 0 Å². The molecule has 134 valence electrons. The molecular weight excluding hydrogens is 314 g/mol. The maximum absolute atomic E-state index is 12.8. The number of piperidine rings is 1. The van der Waals surface area contributed by atoms with Crippen molar-refractivity contribution >= 4 is 11.8 Å². The average Bonchev–Trinajstić information content (AvgIpc) is 2.89. The number of rotatable bonds is 4. The SMILES string of the molecule is C=CCN1C(=O)C(C(C)C)NC12CCN(C(=O)c1ccccc1)CC2. The standard InChI is InChI=1S/C20H27N3O2/c1-4-12-23-19(25)17(15(2)3)21-20(23)10-13-22(14-11-20)18(24)16-8-6-5-7-9-16/h4-9,15,17,21H,1,10-14H2,2-3H3. The van der Waals surface area contributed by atoms with Gasteiger partial charge in [-0.05, 0) is 18.1 Å². The Morgan fingerprint density at radius 3 is 2.52 bits per heavy atom. The lowest BCUT2D eigenvalue weighted by molar-refractivity contribution is -0.133. The van der Waals surface area contributed by atoms with Gasteiger partial charge in [0.1, 0.15) is 0 Å². The lowest BCUT2D eigenvalue weighted by Gasteiger charge is -2.44. The van der Waals surface area contributed by atoms with Crippen molar-refractivity contribution in [1.29, 1.82) is 0 Å². The molecule has 0 aromatic heterocycles. The van der Waals surface area contributed by atoms with Crippen LogP contribution >= 0.6 is 0 Å². The number of carbonyl (C=O) groups is 2. The Hall–Kier alpha value is -2.14. The molecule has 1 atom stereocenters. The number of likely N-dealkylation sites (tertiary alicyclic amines) is 1. The highest BCUT2D eigenvalue weighted by Gasteiger charge is 2.51. The van der Waals surface area contributed by atoms with E-state index in [1.165, 1.54) is 0 Å². The van der Waals surface area contributed by atoms with E-state index in [9.17, 15) is 9.59 Å². The summed E-state index contributed by atoms with van der Waals surface area (Å²) < 4.78 is 0. The molecule has 2 heterocycles. The number of carbonyl (C=O) groups excluding carboxylic acids is 2. The van der Waals surface area contributed by atoms with Crippen LogP contribution in [0, 0.1) is 5.92 Å². The minimum absolute atomic E-state index is 0.0652. The van der Waals surface area contributed by atoms with E-state index in [1.54, 1.807) is 6.08 Å². The largest absolute Gasteiger partial charge is 0.338 e. The number of nitrogens with zero attached hydrogens (tertiary/aromatic N) is 2. The van der Waals surface area contributed by atoms with Crippen LogP contribution in [-0.4, -0.2) is 53.0 Å². The first-order chi connectivity index (χ1) is 12.0. The molecule has 5 heteroatoms. The third-order valence-electron chi connectivity index (χ3n) is 5.35. The van der Waals surface area contributed by atoms with E-state index < -0.39 is 0 Å². The van der Waals surface area contributed by atoms with Crippen LogP contribution in [0.1, 0.15) is 37.0 Å². The molecule has 0 saturated carbocycles. The highest BCUT2D eigenvalue weighted by atomic mass is 16.2. The Labute approximate surface area is 149 Å². The Morgan fingerprint density at radius 2 is 1.96 bits per heavy atom. The van der Waals surface area contributed by atoms with Crippen LogP contribution in [0.25, 0.3) is 0 Å². The second-order valence-corrected chi connectivity index (χ2v) is 7.29. The second-order valence-electron chi connectivity index (χ2n) is 7.29. The number of hydrogen-bond acceptors (Lipinski definition) is 3. The molecule has 5 nitrogen and oxygen atoms in total. The predicted molar refractivity (Wildman–Crippen MR) is 98.0 cm³/mol. The van der Waals surface area contributed by atoms with Crippen molar-refractivity contribution < 1.29 is 9.59 Å². The average molecular weight is 341 g/mol. The lowest BCUT2D eigenvalue weighted by atomic mass is 9.95. The summed E-state index contributed by atoms with van der Waals surface area (Å²) in [6, 6.07) is 9.22. The summed E-state index contributed by atoms with van der Waals surface area (Å²) in [4.78, 5) is 29.3. The monoisotopic (exact) mass is 341 g/mol. The molecule has 2 fully saturated rings. The van der Waals surface area contributed by atoms with Crippen molar-refractivity contribution in [2.45, 2.75) is 38.4 Å². The van der Waals surface area contributed by atoms with Crippen LogP contribution in [0.3, 0.4) is 0 Å². The first-order valence-corrected chi connectivity index (χ1v) is 9.03. The minimum atomic E-state index is -0.353. The van der Waals surface area contributed by atoms with Crippen molar-refractivity contribution in [3.63, 3.8) is 0 Å². The maximum atomic E-state index is 12.8. The zero-order valence-corrected chi connectivity index (χ0v) is 15.1. The molecule has 2 amide bonds. The molecule has 2 aliphatic heterocycles. The summed E-state index contributed by atoms with van der Waals surface area (Å²) in [6.07, 6.45) is 3.27. The van der Waals surface area contributed by atoms with Gasteiger partial charge < -0.3 is 9.80 Å². The van der Waals surface area contributed by atoms with Crippen LogP contribution in [0.15, 0.2) is 43.0 Å². The Balaban J connectivity index is 1.74. The van der Waals surface area contributed by atoms with Crippen LogP contribution < -0.4 is 5.32 Å². The fourth-order valence-electron chi connectivity index (χ4n) is 3.91. The summed E-state index contributed by atoms with van der Waals surface area (Å²) in [5.74, 6) is 0.455. The summed E-state index contributed by atoms with van der Waals surface area (Å²) in [5.41, 5.74) is 0.366. The molecule has 1 aromatic carbocycles. The first-order valence-electron chi connectivity index (χ1n) is 9.03. The van der Waals surface area contributed by atoms with Crippen LogP contribution in [-0.2, 0) is 4.79 Å². The number of amides is 2. The number of benzene rings is 1. The van der Waals surface area contributed by atoms with Gasteiger partial charge in [-0.15, -0.1) is 6.58 Å². The Kier molecular flexibility index (Phi) is 4.95. The molecule has 2 aliphatic rings. The molecule has 25 heavy (non-hydrogen) atoms. The molecule has 1 N–H and O–H groups in total. The smallest absolute Gasteiger partial charge is 0.253 e. The summed E-state index contributed by atoms with van der Waals surface area (Å²) in [6.45, 7) is 9.77. The van der Waals surface area contributed by atoms with E-state index in [0.29, 0.717) is 19.6 Å². The van der Waals surface area contributed by atoms with Crippen molar-refractivity contribution in [2.75, 3.05) is 19.6 Å². The van der Waals surface area contributed by atoms with Gasteiger partial charge in [-0.2, -0.15) is 0 Å². The molecule has 0 radical (unpaired) electrons. The molecule has 1 aromatic rings. The molecule has 3 rings (SSSR count). The molecule has 2 saturated heterocycles. The minimum Gasteiger partial charge on any atom is -0.338 e. The van der Waals surface area contributed by atoms with E-state index in [1.807, 2.05) is 40.1 Å².